The van der Waals surface area contributed by atoms with Crippen LogP contribution >= 0.6 is 11.3 Å². The number of hydrogen-bond acceptors (Lipinski definition) is 4. The van der Waals surface area contributed by atoms with Gasteiger partial charge in [0.25, 0.3) is 0 Å². The first-order valence-corrected chi connectivity index (χ1v) is 6.97. The maximum absolute atomic E-state index is 10.2. The molecule has 0 saturated heterocycles. The second kappa shape index (κ2) is 4.71. The number of hydrogen-bond donors (Lipinski definition) is 1. The molecule has 0 radical (unpaired) electrons. The molecule has 1 atom stereocenters. The van der Waals surface area contributed by atoms with E-state index in [1.807, 2.05) is 36.6 Å². The van der Waals surface area contributed by atoms with E-state index >= 15 is 0 Å². The van der Waals surface area contributed by atoms with E-state index in [0.717, 1.165) is 34.9 Å². The normalized spacial score (nSPS) is 16.6. The Morgan fingerprint density at radius 1 is 1.33 bits per heavy atom. The first kappa shape index (κ1) is 11.7. The van der Waals surface area contributed by atoms with E-state index in [2.05, 4.69) is 4.98 Å². The summed E-state index contributed by atoms with van der Waals surface area (Å²) >= 11 is 1.48. The molecule has 1 heterocycles. The highest BCUT2D eigenvalue weighted by Gasteiger charge is 2.23. The number of aliphatic hydroxyl groups is 1. The molecule has 1 aliphatic rings. The molecule has 1 aromatic carbocycles. The summed E-state index contributed by atoms with van der Waals surface area (Å²) in [4.78, 5) is 4.31. The zero-order valence-corrected chi connectivity index (χ0v) is 11.0. The van der Waals surface area contributed by atoms with Gasteiger partial charge in [0.15, 0.2) is 0 Å². The molecule has 1 saturated carbocycles. The minimum absolute atomic E-state index is 0.405. The van der Waals surface area contributed by atoms with E-state index < -0.39 is 6.10 Å². The quantitative estimate of drug-likeness (QED) is 0.919. The lowest BCUT2D eigenvalue weighted by Crippen LogP contribution is -2.00. The van der Waals surface area contributed by atoms with Crippen molar-refractivity contribution in [3.8, 4) is 5.75 Å². The maximum Gasteiger partial charge on any atom is 0.131 e. The topological polar surface area (TPSA) is 42.4 Å². The molecule has 3 nitrogen and oxygen atoms in total. The Hall–Kier alpha value is -1.39. The number of thiazole rings is 1. The third kappa shape index (κ3) is 2.54. The SMILES string of the molecule is Cc1csc(C(O)c2ccc(OC3CC3)cc2)n1. The lowest BCUT2D eigenvalue weighted by atomic mass is 10.1. The largest absolute Gasteiger partial charge is 0.490 e. The van der Waals surface area contributed by atoms with Crippen LogP contribution < -0.4 is 4.74 Å². The molecule has 3 rings (SSSR count). The van der Waals surface area contributed by atoms with Crippen molar-refractivity contribution in [2.24, 2.45) is 0 Å². The van der Waals surface area contributed by atoms with Crippen molar-refractivity contribution < 1.29 is 9.84 Å². The molecule has 2 aromatic rings. The Kier molecular flexibility index (Phi) is 3.06. The first-order chi connectivity index (χ1) is 8.72. The number of aromatic nitrogens is 1. The van der Waals surface area contributed by atoms with Crippen LogP contribution in [-0.4, -0.2) is 16.2 Å². The molecule has 0 amide bonds. The van der Waals surface area contributed by atoms with Gasteiger partial charge >= 0.3 is 0 Å². The number of ether oxygens (including phenoxy) is 1. The van der Waals surface area contributed by atoms with Gasteiger partial charge in [0, 0.05) is 11.1 Å². The minimum atomic E-state index is -0.640. The van der Waals surface area contributed by atoms with Crippen LogP contribution in [-0.2, 0) is 0 Å². The van der Waals surface area contributed by atoms with E-state index in [1.54, 1.807) is 0 Å². The average molecular weight is 261 g/mol. The molecule has 18 heavy (non-hydrogen) atoms. The summed E-state index contributed by atoms with van der Waals surface area (Å²) in [5, 5.41) is 12.9. The van der Waals surface area contributed by atoms with Gasteiger partial charge in [-0.25, -0.2) is 4.98 Å². The van der Waals surface area contributed by atoms with Crippen LogP contribution in [0.2, 0.25) is 0 Å². The van der Waals surface area contributed by atoms with Gasteiger partial charge in [-0.3, -0.25) is 0 Å². The van der Waals surface area contributed by atoms with Gasteiger partial charge in [-0.1, -0.05) is 12.1 Å². The predicted molar refractivity (Wildman–Crippen MR) is 71.0 cm³/mol. The fourth-order valence-corrected chi connectivity index (χ4v) is 2.55. The summed E-state index contributed by atoms with van der Waals surface area (Å²) < 4.78 is 5.68. The zero-order chi connectivity index (χ0) is 12.5. The summed E-state index contributed by atoms with van der Waals surface area (Å²) in [5.41, 5.74) is 1.80. The Bertz CT molecular complexity index is 531. The molecule has 1 N–H and O–H groups in total. The number of aliphatic hydroxyl groups excluding tert-OH is 1. The van der Waals surface area contributed by atoms with E-state index in [9.17, 15) is 5.11 Å². The molecule has 0 spiro atoms. The fourth-order valence-electron chi connectivity index (χ4n) is 1.75. The summed E-state index contributed by atoms with van der Waals surface area (Å²) in [6, 6.07) is 7.63. The van der Waals surface area contributed by atoms with E-state index in [-0.39, 0.29) is 0 Å². The van der Waals surface area contributed by atoms with Gasteiger partial charge in [0.2, 0.25) is 0 Å². The van der Waals surface area contributed by atoms with E-state index in [4.69, 9.17) is 4.74 Å². The summed E-state index contributed by atoms with van der Waals surface area (Å²) in [6.45, 7) is 1.93. The Morgan fingerprint density at radius 3 is 2.61 bits per heavy atom. The molecule has 0 aliphatic heterocycles. The molecule has 1 unspecified atom stereocenters. The smallest absolute Gasteiger partial charge is 0.131 e. The molecule has 0 bridgehead atoms. The van der Waals surface area contributed by atoms with Crippen molar-refractivity contribution in [3.63, 3.8) is 0 Å². The molecular weight excluding hydrogens is 246 g/mol. The van der Waals surface area contributed by atoms with Gasteiger partial charge in [-0.2, -0.15) is 0 Å². The van der Waals surface area contributed by atoms with Crippen LogP contribution in [0.1, 0.15) is 35.2 Å². The van der Waals surface area contributed by atoms with Crippen LogP contribution in [0.5, 0.6) is 5.75 Å². The fraction of sp³-hybridized carbons (Fsp3) is 0.357. The van der Waals surface area contributed by atoms with Gasteiger partial charge in [-0.05, 0) is 37.5 Å². The highest BCUT2D eigenvalue weighted by atomic mass is 32.1. The lowest BCUT2D eigenvalue weighted by molar-refractivity contribution is 0.219. The van der Waals surface area contributed by atoms with Crippen molar-refractivity contribution in [1.82, 2.24) is 4.98 Å². The van der Waals surface area contributed by atoms with Crippen LogP contribution in [0, 0.1) is 6.92 Å². The molecular formula is C14H15NO2S. The Balaban J connectivity index is 1.74. The highest BCUT2D eigenvalue weighted by Crippen LogP contribution is 2.29. The van der Waals surface area contributed by atoms with Crippen LogP contribution in [0.25, 0.3) is 0 Å². The van der Waals surface area contributed by atoms with Crippen LogP contribution in [0.4, 0.5) is 0 Å². The minimum Gasteiger partial charge on any atom is -0.490 e. The second-order valence-corrected chi connectivity index (χ2v) is 5.51. The molecule has 4 heteroatoms. The number of benzene rings is 1. The number of aryl methyl sites for hydroxylation is 1. The van der Waals surface area contributed by atoms with E-state index in [1.165, 1.54) is 11.3 Å². The Labute approximate surface area is 110 Å². The molecule has 94 valence electrons. The van der Waals surface area contributed by atoms with E-state index in [0.29, 0.717) is 6.10 Å². The number of nitrogens with zero attached hydrogens (tertiary/aromatic N) is 1. The summed E-state index contributed by atoms with van der Waals surface area (Å²) in [5.74, 6) is 0.878. The highest BCUT2D eigenvalue weighted by molar-refractivity contribution is 7.09. The predicted octanol–water partition coefficient (Wildman–Crippen LogP) is 3.07. The maximum atomic E-state index is 10.2. The molecule has 1 fully saturated rings. The first-order valence-electron chi connectivity index (χ1n) is 6.09. The molecule has 1 aliphatic carbocycles. The lowest BCUT2D eigenvalue weighted by Gasteiger charge is -2.09. The van der Waals surface area contributed by atoms with Crippen molar-refractivity contribution in [1.29, 1.82) is 0 Å². The Morgan fingerprint density at radius 2 is 2.06 bits per heavy atom. The second-order valence-electron chi connectivity index (χ2n) is 4.62. The average Bonchev–Trinajstić information content (AvgIpc) is 3.09. The number of rotatable bonds is 4. The third-order valence-electron chi connectivity index (χ3n) is 2.89. The van der Waals surface area contributed by atoms with Crippen LogP contribution in [0.15, 0.2) is 29.6 Å². The van der Waals surface area contributed by atoms with Gasteiger partial charge in [0.05, 0.1) is 6.10 Å². The monoisotopic (exact) mass is 261 g/mol. The van der Waals surface area contributed by atoms with Crippen molar-refractivity contribution in [2.75, 3.05) is 0 Å². The summed E-state index contributed by atoms with van der Waals surface area (Å²) in [6.07, 6.45) is 2.08. The zero-order valence-electron chi connectivity index (χ0n) is 10.2. The van der Waals surface area contributed by atoms with Crippen molar-refractivity contribution >= 4 is 11.3 Å². The molecule has 1 aromatic heterocycles. The standard InChI is InChI=1S/C14H15NO2S/c1-9-8-18-14(15-9)13(16)10-2-4-11(5-3-10)17-12-6-7-12/h2-5,8,12-13,16H,6-7H2,1H3. The van der Waals surface area contributed by atoms with Gasteiger partial charge in [0.1, 0.15) is 16.9 Å². The summed E-state index contributed by atoms with van der Waals surface area (Å²) in [7, 11) is 0. The van der Waals surface area contributed by atoms with Gasteiger partial charge < -0.3 is 9.84 Å². The van der Waals surface area contributed by atoms with Crippen LogP contribution in [0.3, 0.4) is 0 Å². The van der Waals surface area contributed by atoms with Crippen molar-refractivity contribution in [3.05, 3.63) is 45.9 Å². The van der Waals surface area contributed by atoms with Gasteiger partial charge in [-0.15, -0.1) is 11.3 Å². The third-order valence-corrected chi connectivity index (χ3v) is 3.91. The van der Waals surface area contributed by atoms with Crippen molar-refractivity contribution in [2.45, 2.75) is 32.0 Å².